The van der Waals surface area contributed by atoms with Crippen LogP contribution in [0.5, 0.6) is 23.0 Å². The molecule has 4 aliphatic carbocycles. The van der Waals surface area contributed by atoms with Crippen LogP contribution in [0, 0.1) is 23.7 Å². The predicted molar refractivity (Wildman–Crippen MR) is 510 cm³/mol. The van der Waals surface area contributed by atoms with E-state index in [2.05, 4.69) is 63.8 Å². The Morgan fingerprint density at radius 3 is 0.769 bits per heavy atom. The molecule has 28 N–H and O–H groups in total. The third-order valence-corrected chi connectivity index (χ3v) is 26.2. The SMILES string of the molecule is NCCCC[C@@H](N)CC(=O)N[C@@H](CC(=O)N[C@@H]1CCCC[C@H]1C(=O)N[C@H](CCCCN)CC(=O)N[C@@H](CC(=O)N[C@@H]1CCCC[C@H]1C(=O)N[C@H](CCCCN)CC(=O)N[C@@H](CC(=O)N[C@@H]1CCCC[C@H]1C(=O)N[C@H](CCCCN)CC(=O)N[C@@H](CC(=O)N[C@@H]1CCCC[C@H]1C(=O)NCCC(N)=O)Cc1ccc(O)cc1)Cc1ccc(O)cc1)Cc1ccc(O)cc1)Cc1ccc(O)cc1. The molecule has 16 atom stereocenters. The third-order valence-electron chi connectivity index (χ3n) is 26.2. The van der Waals surface area contributed by atoms with Crippen LogP contribution in [0.2, 0.25) is 0 Å². The standard InChI is InChI=1S/C99H152N18O17/c100-46-13-9-17-67(104)55-88(123)107-71(51-63-29-37-75(118)38-30-63)59-93(128)115-84-26-6-2-22-80(84)97(132)111-69(19-11-15-48-102)57-90(125)109-73(53-65-33-41-77(120)42-34-65)61-95(130)117-86-28-8-4-24-82(86)99(134)113-70(20-12-16-49-103)58-91(126)110-74(54-66-35-43-78(121)44-36-66)62-94(129)116-85-27-7-3-23-81(85)98(133)112-68(18-10-14-47-101)56-89(124)108-72(52-64-31-39-76(119)40-32-64)60-92(127)114-83-25-5-1-21-79(83)96(131)106-50-45-87(105)122/h29-44,67-74,79-86,118-121H,1-28,45-62,100-104H2,(H2,105,122)(H,106,131)(H,107,123)(H,108,124)(H,109,125)(H,110,126)(H,111,132)(H,112,133)(H,113,134)(H,114,127)(H,115,128)(H,116,129)(H,117,130)/t67-,68-,69-,70-,71-,72-,73-,74-,79-,80-,81-,82-,83-,84-,85-,86-/m1/s1. The van der Waals surface area contributed by atoms with E-state index in [4.69, 9.17) is 34.4 Å². The van der Waals surface area contributed by atoms with Crippen molar-refractivity contribution in [2.75, 3.05) is 32.7 Å². The van der Waals surface area contributed by atoms with Gasteiger partial charge in [0.25, 0.3) is 0 Å². The maximum Gasteiger partial charge on any atom is 0.225 e. The summed E-state index contributed by atoms with van der Waals surface area (Å²) < 4.78 is 0. The number of hydrogen-bond donors (Lipinski definition) is 22. The number of phenolic OH excluding ortho intramolecular Hbond substituents is 4. The van der Waals surface area contributed by atoms with Gasteiger partial charge in [-0.2, -0.15) is 0 Å². The van der Waals surface area contributed by atoms with Crippen LogP contribution < -0.4 is 98.2 Å². The Morgan fingerprint density at radius 2 is 0.515 bits per heavy atom. The second kappa shape index (κ2) is 59.0. The molecule has 0 saturated heterocycles. The number of nitrogens with two attached hydrogens (primary N) is 6. The summed E-state index contributed by atoms with van der Waals surface area (Å²) in [4.78, 5) is 183. The minimum absolute atomic E-state index is 0.00985. The van der Waals surface area contributed by atoms with E-state index in [1.165, 1.54) is 48.5 Å². The van der Waals surface area contributed by atoms with Gasteiger partial charge in [0, 0.05) is 137 Å². The quantitative estimate of drug-likeness (QED) is 0.0263. The van der Waals surface area contributed by atoms with Crippen LogP contribution in [0.4, 0.5) is 0 Å². The predicted octanol–water partition coefficient (Wildman–Crippen LogP) is 4.83. The molecule has 740 valence electrons. The average molecular weight is 1870 g/mol. The van der Waals surface area contributed by atoms with Crippen molar-refractivity contribution in [2.45, 2.75) is 336 Å². The molecule has 4 saturated carbocycles. The molecule has 4 fully saturated rings. The van der Waals surface area contributed by atoms with Gasteiger partial charge in [0.1, 0.15) is 23.0 Å². The Balaban J connectivity index is 0.889. The summed E-state index contributed by atoms with van der Waals surface area (Å²) in [5.74, 6) is -7.72. The zero-order chi connectivity index (χ0) is 96.7. The minimum atomic E-state index is -0.825. The fraction of sp³-hybridized carbons (Fsp3) is 0.626. The fourth-order valence-electron chi connectivity index (χ4n) is 19.1. The van der Waals surface area contributed by atoms with Crippen LogP contribution in [0.1, 0.15) is 260 Å². The highest BCUT2D eigenvalue weighted by Crippen LogP contribution is 2.32. The Labute approximate surface area is 788 Å². The number of phenols is 4. The van der Waals surface area contributed by atoms with E-state index in [-0.39, 0.29) is 148 Å². The number of hydrogen-bond acceptors (Lipinski definition) is 22. The second-order valence-corrected chi connectivity index (χ2v) is 37.5. The van der Waals surface area contributed by atoms with Gasteiger partial charge in [-0.05, 0) is 225 Å². The number of rotatable bonds is 58. The molecule has 0 aliphatic heterocycles. The molecular weight excluding hydrogens is 1710 g/mol. The summed E-state index contributed by atoms with van der Waals surface area (Å²) in [5.41, 5.74) is 38.1. The normalized spacial score (nSPS) is 20.1. The monoisotopic (exact) mass is 1870 g/mol. The van der Waals surface area contributed by atoms with Crippen LogP contribution in [-0.4, -0.2) is 202 Å². The van der Waals surface area contributed by atoms with Crippen molar-refractivity contribution < 1.29 is 82.8 Å². The van der Waals surface area contributed by atoms with Crippen molar-refractivity contribution in [2.24, 2.45) is 58.1 Å². The van der Waals surface area contributed by atoms with Crippen molar-refractivity contribution in [3.8, 4) is 23.0 Å². The Kier molecular flexibility index (Phi) is 47.7. The zero-order valence-electron chi connectivity index (χ0n) is 78.1. The summed E-state index contributed by atoms with van der Waals surface area (Å²) >= 11 is 0. The van der Waals surface area contributed by atoms with Crippen LogP contribution in [0.3, 0.4) is 0 Å². The molecule has 13 amide bonds. The molecule has 0 unspecified atom stereocenters. The van der Waals surface area contributed by atoms with Crippen molar-refractivity contribution in [3.63, 3.8) is 0 Å². The number of nitrogens with one attached hydrogen (secondary N) is 12. The van der Waals surface area contributed by atoms with Gasteiger partial charge in [-0.15, -0.1) is 0 Å². The maximum absolute atomic E-state index is 14.9. The first-order valence-electron chi connectivity index (χ1n) is 49.0. The number of aromatic hydroxyl groups is 4. The first-order valence-corrected chi connectivity index (χ1v) is 49.0. The van der Waals surface area contributed by atoms with Crippen molar-refractivity contribution in [1.82, 2.24) is 63.8 Å². The van der Waals surface area contributed by atoms with Gasteiger partial charge in [0.2, 0.25) is 76.8 Å². The molecule has 4 aliphatic rings. The number of carbonyl (C=O) groups excluding carboxylic acids is 13. The summed E-state index contributed by atoms with van der Waals surface area (Å²) in [5, 5.41) is 77.5. The third kappa shape index (κ3) is 40.7. The van der Waals surface area contributed by atoms with Crippen LogP contribution >= 0.6 is 0 Å². The summed E-state index contributed by atoms with van der Waals surface area (Å²) in [6.07, 6.45) is 16.0. The van der Waals surface area contributed by atoms with Gasteiger partial charge in [0.15, 0.2) is 0 Å². The van der Waals surface area contributed by atoms with E-state index in [9.17, 15) is 82.8 Å². The molecular formula is C99H152N18O17. The molecule has 0 radical (unpaired) electrons. The van der Waals surface area contributed by atoms with Crippen molar-refractivity contribution in [1.29, 1.82) is 0 Å². The molecule has 0 bridgehead atoms. The lowest BCUT2D eigenvalue weighted by molar-refractivity contribution is -0.132. The van der Waals surface area contributed by atoms with E-state index in [0.717, 1.165) is 49.7 Å². The number of carbonyl (C=O) groups is 13. The Bertz CT molecular complexity index is 4340. The molecule has 0 heterocycles. The molecule has 0 aromatic heterocycles. The van der Waals surface area contributed by atoms with Gasteiger partial charge in [-0.25, -0.2) is 0 Å². The fourth-order valence-corrected chi connectivity index (χ4v) is 19.1. The molecule has 134 heavy (non-hydrogen) atoms. The largest absolute Gasteiger partial charge is 0.508 e. The van der Waals surface area contributed by atoms with Gasteiger partial charge >= 0.3 is 0 Å². The van der Waals surface area contributed by atoms with Gasteiger partial charge in [-0.1, -0.05) is 126 Å². The van der Waals surface area contributed by atoms with E-state index in [0.29, 0.717) is 179 Å². The van der Waals surface area contributed by atoms with E-state index in [1.807, 2.05) is 0 Å². The summed E-state index contributed by atoms with van der Waals surface area (Å²) in [6.45, 7) is 1.68. The lowest BCUT2D eigenvalue weighted by atomic mass is 9.83. The van der Waals surface area contributed by atoms with Crippen LogP contribution in [-0.2, 0) is 88.0 Å². The van der Waals surface area contributed by atoms with Crippen molar-refractivity contribution >= 4 is 76.8 Å². The first-order chi connectivity index (χ1) is 64.5. The maximum atomic E-state index is 14.9. The van der Waals surface area contributed by atoms with E-state index < -0.39 is 138 Å². The Hall–Kier alpha value is -11.0. The topological polar surface area (TPSA) is 603 Å². The van der Waals surface area contributed by atoms with Gasteiger partial charge in [-0.3, -0.25) is 62.3 Å². The highest BCUT2D eigenvalue weighted by molar-refractivity contribution is 5.88. The Morgan fingerprint density at radius 1 is 0.284 bits per heavy atom. The number of primary amides is 1. The molecule has 35 nitrogen and oxygen atoms in total. The molecule has 4 aromatic rings. The van der Waals surface area contributed by atoms with Gasteiger partial charge < -0.3 is 119 Å². The van der Waals surface area contributed by atoms with E-state index >= 15 is 0 Å². The summed E-state index contributed by atoms with van der Waals surface area (Å²) in [7, 11) is 0. The number of amides is 13. The molecule has 0 spiro atoms. The highest BCUT2D eigenvalue weighted by atomic mass is 16.3. The van der Waals surface area contributed by atoms with Gasteiger partial charge in [0.05, 0.1) is 23.7 Å². The lowest BCUT2D eigenvalue weighted by Crippen LogP contribution is -2.53. The highest BCUT2D eigenvalue weighted by Gasteiger charge is 2.40. The van der Waals surface area contributed by atoms with E-state index in [1.54, 1.807) is 48.5 Å². The summed E-state index contributed by atoms with van der Waals surface area (Å²) in [6, 6.07) is 17.9. The molecule has 35 heteroatoms. The number of unbranched alkanes of at least 4 members (excludes halogenated alkanes) is 4. The molecule has 8 rings (SSSR count). The minimum Gasteiger partial charge on any atom is -0.508 e. The zero-order valence-corrected chi connectivity index (χ0v) is 78.1. The molecule has 4 aromatic carbocycles. The lowest BCUT2D eigenvalue weighted by Gasteiger charge is -2.33. The average Bonchev–Trinajstić information content (AvgIpc) is 0.847. The van der Waals surface area contributed by atoms with Crippen LogP contribution in [0.25, 0.3) is 0 Å². The smallest absolute Gasteiger partial charge is 0.225 e. The van der Waals surface area contributed by atoms with Crippen LogP contribution in [0.15, 0.2) is 97.1 Å². The van der Waals surface area contributed by atoms with Crippen molar-refractivity contribution in [3.05, 3.63) is 119 Å². The number of benzene rings is 4. The first kappa shape index (κ1) is 108. The second-order valence-electron chi connectivity index (χ2n) is 37.5.